The van der Waals surface area contributed by atoms with Crippen LogP contribution in [0.1, 0.15) is 30.0 Å². The Bertz CT molecular complexity index is 869. The van der Waals surface area contributed by atoms with Gasteiger partial charge in [0.2, 0.25) is 0 Å². The molecule has 0 radical (unpaired) electrons. The van der Waals surface area contributed by atoms with Crippen LogP contribution in [0.15, 0.2) is 36.4 Å². The summed E-state index contributed by atoms with van der Waals surface area (Å²) in [6, 6.07) is 11.2. The molecular formula is C21H22ClNO4. The van der Waals surface area contributed by atoms with E-state index < -0.39 is 6.10 Å². The zero-order valence-corrected chi connectivity index (χ0v) is 16.2. The predicted octanol–water partition coefficient (Wildman–Crippen LogP) is 4.02. The Morgan fingerprint density at radius 1 is 1.19 bits per heavy atom. The minimum absolute atomic E-state index is 0.0164. The molecule has 0 bridgehead atoms. The third-order valence-corrected chi connectivity index (χ3v) is 5.54. The number of hydrogen-bond donors (Lipinski definition) is 0. The molecule has 1 amide bonds. The van der Waals surface area contributed by atoms with Crippen molar-refractivity contribution >= 4 is 17.5 Å². The summed E-state index contributed by atoms with van der Waals surface area (Å²) < 4.78 is 16.8. The highest BCUT2D eigenvalue weighted by molar-refractivity contribution is 6.30. The molecule has 1 fully saturated rings. The van der Waals surface area contributed by atoms with Gasteiger partial charge in [-0.3, -0.25) is 4.79 Å². The van der Waals surface area contributed by atoms with E-state index in [2.05, 4.69) is 0 Å². The van der Waals surface area contributed by atoms with Crippen LogP contribution in [0.4, 0.5) is 0 Å². The summed E-state index contributed by atoms with van der Waals surface area (Å²) in [4.78, 5) is 15.1. The molecule has 0 saturated carbocycles. The van der Waals surface area contributed by atoms with Crippen LogP contribution >= 0.6 is 11.6 Å². The number of carbonyl (C=O) groups excluding carboxylic acids is 1. The van der Waals surface area contributed by atoms with Crippen LogP contribution in [-0.4, -0.2) is 37.7 Å². The molecule has 0 aliphatic carbocycles. The molecule has 0 aromatic heterocycles. The summed E-state index contributed by atoms with van der Waals surface area (Å²) in [6.45, 7) is 0.718. The number of hydrogen-bond acceptors (Lipinski definition) is 4. The molecule has 0 unspecified atom stereocenters. The average Bonchev–Trinajstić information content (AvgIpc) is 3.33. The Morgan fingerprint density at radius 2 is 2.04 bits per heavy atom. The van der Waals surface area contributed by atoms with E-state index in [9.17, 15) is 4.79 Å². The SMILES string of the molecule is COc1ccc([C@@H]2CCCN2C(=O)[C@@H]2Cc3cc(Cl)ccc3O2)c(OC)c1. The Kier molecular flexibility index (Phi) is 4.87. The van der Waals surface area contributed by atoms with Crippen molar-refractivity contribution in [2.45, 2.75) is 31.4 Å². The molecule has 5 nitrogen and oxygen atoms in total. The first-order chi connectivity index (χ1) is 13.1. The van der Waals surface area contributed by atoms with Gasteiger partial charge in [-0.2, -0.15) is 0 Å². The van der Waals surface area contributed by atoms with E-state index in [1.807, 2.05) is 35.2 Å². The van der Waals surface area contributed by atoms with Crippen LogP contribution < -0.4 is 14.2 Å². The quantitative estimate of drug-likeness (QED) is 0.794. The maximum atomic E-state index is 13.2. The first-order valence-corrected chi connectivity index (χ1v) is 9.46. The molecule has 2 aromatic rings. The highest BCUT2D eigenvalue weighted by Crippen LogP contribution is 2.40. The number of fused-ring (bicyclic) bond motifs is 1. The van der Waals surface area contributed by atoms with Gasteiger partial charge in [0.15, 0.2) is 6.10 Å². The Balaban J connectivity index is 1.56. The summed E-state index contributed by atoms with van der Waals surface area (Å²) in [5.74, 6) is 2.23. The van der Waals surface area contributed by atoms with Crippen molar-refractivity contribution in [3.8, 4) is 17.2 Å². The second kappa shape index (κ2) is 7.31. The number of rotatable bonds is 4. The Hall–Kier alpha value is -2.40. The fourth-order valence-electron chi connectivity index (χ4n) is 3.99. The lowest BCUT2D eigenvalue weighted by atomic mass is 10.0. The molecule has 2 atom stereocenters. The van der Waals surface area contributed by atoms with E-state index in [0.29, 0.717) is 11.4 Å². The Labute approximate surface area is 163 Å². The van der Waals surface area contributed by atoms with E-state index in [1.54, 1.807) is 20.3 Å². The molecule has 2 aromatic carbocycles. The van der Waals surface area contributed by atoms with Crippen molar-refractivity contribution < 1.29 is 19.0 Å². The minimum Gasteiger partial charge on any atom is -0.497 e. The lowest BCUT2D eigenvalue weighted by Gasteiger charge is -2.28. The van der Waals surface area contributed by atoms with E-state index in [-0.39, 0.29) is 11.9 Å². The molecule has 2 aliphatic heterocycles. The third-order valence-electron chi connectivity index (χ3n) is 5.31. The Morgan fingerprint density at radius 3 is 2.81 bits per heavy atom. The maximum Gasteiger partial charge on any atom is 0.264 e. The van der Waals surface area contributed by atoms with Gasteiger partial charge in [-0.15, -0.1) is 0 Å². The fraction of sp³-hybridized carbons (Fsp3) is 0.381. The van der Waals surface area contributed by atoms with Gasteiger partial charge in [0.05, 0.1) is 20.3 Å². The number of amides is 1. The van der Waals surface area contributed by atoms with Crippen molar-refractivity contribution in [3.63, 3.8) is 0 Å². The van der Waals surface area contributed by atoms with Gasteiger partial charge in [0, 0.05) is 29.6 Å². The van der Waals surface area contributed by atoms with Gasteiger partial charge in [-0.1, -0.05) is 11.6 Å². The molecular weight excluding hydrogens is 366 g/mol. The normalized spacial score (nSPS) is 20.9. The zero-order chi connectivity index (χ0) is 19.0. The molecule has 6 heteroatoms. The van der Waals surface area contributed by atoms with Crippen LogP contribution in [0.5, 0.6) is 17.2 Å². The molecule has 0 spiro atoms. The van der Waals surface area contributed by atoms with Crippen molar-refractivity contribution in [2.75, 3.05) is 20.8 Å². The second-order valence-electron chi connectivity index (χ2n) is 6.86. The van der Waals surface area contributed by atoms with Crippen molar-refractivity contribution in [3.05, 3.63) is 52.5 Å². The number of methoxy groups -OCH3 is 2. The maximum absolute atomic E-state index is 13.2. The molecule has 0 N–H and O–H groups in total. The van der Waals surface area contributed by atoms with Gasteiger partial charge in [-0.25, -0.2) is 0 Å². The highest BCUT2D eigenvalue weighted by Gasteiger charge is 2.38. The summed E-state index contributed by atoms with van der Waals surface area (Å²) in [5, 5.41) is 0.660. The number of likely N-dealkylation sites (tertiary alicyclic amines) is 1. The second-order valence-corrected chi connectivity index (χ2v) is 7.30. The van der Waals surface area contributed by atoms with Gasteiger partial charge < -0.3 is 19.1 Å². The average molecular weight is 388 g/mol. The van der Waals surface area contributed by atoms with Crippen molar-refractivity contribution in [1.82, 2.24) is 4.90 Å². The van der Waals surface area contributed by atoms with E-state index in [4.69, 9.17) is 25.8 Å². The summed E-state index contributed by atoms with van der Waals surface area (Å²) in [6.07, 6.45) is 1.91. The van der Waals surface area contributed by atoms with Crippen LogP contribution in [0, 0.1) is 0 Å². The fourth-order valence-corrected chi connectivity index (χ4v) is 4.18. The number of ether oxygens (including phenoxy) is 3. The van der Waals surface area contributed by atoms with Crippen LogP contribution in [-0.2, 0) is 11.2 Å². The summed E-state index contributed by atoms with van der Waals surface area (Å²) in [5.41, 5.74) is 1.99. The number of nitrogens with zero attached hydrogens (tertiary/aromatic N) is 1. The highest BCUT2D eigenvalue weighted by atomic mass is 35.5. The van der Waals surface area contributed by atoms with E-state index in [0.717, 1.165) is 47.8 Å². The first-order valence-electron chi connectivity index (χ1n) is 9.08. The minimum atomic E-state index is -0.497. The molecule has 1 saturated heterocycles. The van der Waals surface area contributed by atoms with Crippen molar-refractivity contribution in [1.29, 1.82) is 0 Å². The van der Waals surface area contributed by atoms with Crippen LogP contribution in [0.25, 0.3) is 0 Å². The van der Waals surface area contributed by atoms with Crippen molar-refractivity contribution in [2.24, 2.45) is 0 Å². The molecule has 4 rings (SSSR count). The van der Waals surface area contributed by atoms with Gasteiger partial charge in [0.1, 0.15) is 17.2 Å². The summed E-state index contributed by atoms with van der Waals surface area (Å²) in [7, 11) is 3.26. The predicted molar refractivity (Wildman–Crippen MR) is 103 cm³/mol. The molecule has 142 valence electrons. The number of carbonyl (C=O) groups is 1. The monoisotopic (exact) mass is 387 g/mol. The van der Waals surface area contributed by atoms with Crippen LogP contribution in [0.3, 0.4) is 0 Å². The standard InChI is InChI=1S/C21H22ClNO4/c1-25-15-6-7-16(19(12-15)26-2)17-4-3-9-23(17)21(24)20-11-13-10-14(22)5-8-18(13)27-20/h5-8,10,12,17,20H,3-4,9,11H2,1-2H3/t17-,20-/m0/s1. The lowest BCUT2D eigenvalue weighted by Crippen LogP contribution is -2.41. The molecule has 2 heterocycles. The van der Waals surface area contributed by atoms with E-state index >= 15 is 0 Å². The topological polar surface area (TPSA) is 48.0 Å². The smallest absolute Gasteiger partial charge is 0.264 e. The van der Waals surface area contributed by atoms with Gasteiger partial charge >= 0.3 is 0 Å². The number of halogens is 1. The lowest BCUT2D eigenvalue weighted by molar-refractivity contribution is -0.138. The van der Waals surface area contributed by atoms with Gasteiger partial charge in [0.25, 0.3) is 5.91 Å². The summed E-state index contributed by atoms with van der Waals surface area (Å²) >= 11 is 6.06. The first kappa shape index (κ1) is 18.0. The third kappa shape index (κ3) is 3.32. The van der Waals surface area contributed by atoms with E-state index in [1.165, 1.54) is 0 Å². The largest absolute Gasteiger partial charge is 0.497 e. The number of benzene rings is 2. The van der Waals surface area contributed by atoms with Crippen LogP contribution in [0.2, 0.25) is 5.02 Å². The molecule has 27 heavy (non-hydrogen) atoms. The van der Waals surface area contributed by atoms with Gasteiger partial charge in [-0.05, 0) is 48.7 Å². The zero-order valence-electron chi connectivity index (χ0n) is 15.4. The molecule has 2 aliphatic rings.